The van der Waals surface area contributed by atoms with Gasteiger partial charge in [0.1, 0.15) is 0 Å². The van der Waals surface area contributed by atoms with Crippen molar-refractivity contribution in [2.45, 2.75) is 6.42 Å². The summed E-state index contributed by atoms with van der Waals surface area (Å²) in [6.45, 7) is 5.98. The Balaban J connectivity index is 0.00000264. The number of halogens is 1. The second kappa shape index (κ2) is 10.3. The quantitative estimate of drug-likeness (QED) is 0.727. The van der Waals surface area contributed by atoms with Crippen LogP contribution in [0.25, 0.3) is 0 Å². The first-order chi connectivity index (χ1) is 10.7. The lowest BCUT2D eigenvalue weighted by Crippen LogP contribution is -2.44. The van der Waals surface area contributed by atoms with Gasteiger partial charge in [-0.1, -0.05) is 0 Å². The zero-order valence-corrected chi connectivity index (χ0v) is 14.6. The molecular weight excluding hydrogens is 318 g/mol. The molecule has 1 aliphatic rings. The number of hydrogen-bond acceptors (Lipinski definition) is 5. The molecule has 0 unspecified atom stereocenters. The summed E-state index contributed by atoms with van der Waals surface area (Å²) in [6, 6.07) is 5.19. The summed E-state index contributed by atoms with van der Waals surface area (Å²) in [6.07, 6.45) is 0.957. The average Bonchev–Trinajstić information content (AvgIpc) is 2.58. The summed E-state index contributed by atoms with van der Waals surface area (Å²) >= 11 is 0. The van der Waals surface area contributed by atoms with Crippen LogP contribution in [0.15, 0.2) is 18.2 Å². The summed E-state index contributed by atoms with van der Waals surface area (Å²) < 4.78 is 10.4. The lowest BCUT2D eigenvalue weighted by molar-refractivity contribution is 0.0951. The first-order valence-electron chi connectivity index (χ1n) is 7.68. The van der Waals surface area contributed by atoms with Crippen LogP contribution in [0.5, 0.6) is 11.5 Å². The molecule has 2 N–H and O–H groups in total. The lowest BCUT2D eigenvalue weighted by Gasteiger charge is -2.27. The van der Waals surface area contributed by atoms with Gasteiger partial charge in [0.15, 0.2) is 11.5 Å². The summed E-state index contributed by atoms with van der Waals surface area (Å²) in [5.41, 5.74) is 0.583. The number of nitrogens with one attached hydrogen (secondary N) is 2. The zero-order chi connectivity index (χ0) is 15.8. The van der Waals surface area contributed by atoms with Gasteiger partial charge in [-0.15, -0.1) is 12.4 Å². The van der Waals surface area contributed by atoms with Gasteiger partial charge in [0.2, 0.25) is 0 Å². The molecule has 0 aliphatic carbocycles. The van der Waals surface area contributed by atoms with Crippen LogP contribution >= 0.6 is 12.4 Å². The number of carbonyl (C=O) groups is 1. The molecule has 2 rings (SSSR count). The minimum absolute atomic E-state index is 0. The van der Waals surface area contributed by atoms with Gasteiger partial charge >= 0.3 is 0 Å². The van der Waals surface area contributed by atoms with Gasteiger partial charge in [0.05, 0.1) is 14.2 Å². The van der Waals surface area contributed by atoms with Crippen molar-refractivity contribution in [2.24, 2.45) is 0 Å². The van der Waals surface area contributed by atoms with E-state index in [1.54, 1.807) is 32.4 Å². The molecule has 130 valence electrons. The highest BCUT2D eigenvalue weighted by Crippen LogP contribution is 2.27. The normalized spacial score (nSPS) is 14.7. The number of nitrogens with zero attached hydrogens (tertiary/aromatic N) is 1. The van der Waals surface area contributed by atoms with Gasteiger partial charge in [0, 0.05) is 38.3 Å². The first-order valence-corrected chi connectivity index (χ1v) is 7.68. The van der Waals surface area contributed by atoms with Crippen molar-refractivity contribution >= 4 is 18.3 Å². The Morgan fingerprint density at radius 3 is 2.57 bits per heavy atom. The Kier molecular flexibility index (Phi) is 8.76. The van der Waals surface area contributed by atoms with Crippen molar-refractivity contribution in [2.75, 3.05) is 53.5 Å². The van der Waals surface area contributed by atoms with Crippen molar-refractivity contribution in [3.05, 3.63) is 23.8 Å². The molecule has 1 amide bonds. The number of amides is 1. The molecule has 0 saturated carbocycles. The molecule has 1 aromatic rings. The van der Waals surface area contributed by atoms with E-state index in [-0.39, 0.29) is 18.3 Å². The van der Waals surface area contributed by atoms with E-state index in [1.165, 1.54) is 0 Å². The molecule has 7 heteroatoms. The summed E-state index contributed by atoms with van der Waals surface area (Å²) in [4.78, 5) is 14.5. The Labute approximate surface area is 143 Å². The molecule has 1 aromatic carbocycles. The van der Waals surface area contributed by atoms with E-state index in [1.807, 2.05) is 0 Å². The van der Waals surface area contributed by atoms with Gasteiger partial charge in [-0.25, -0.2) is 0 Å². The van der Waals surface area contributed by atoms with E-state index in [4.69, 9.17) is 9.47 Å². The van der Waals surface area contributed by atoms with Crippen molar-refractivity contribution < 1.29 is 14.3 Å². The highest BCUT2D eigenvalue weighted by molar-refractivity contribution is 5.94. The topological polar surface area (TPSA) is 62.8 Å². The number of piperazine rings is 1. The largest absolute Gasteiger partial charge is 0.493 e. The molecule has 0 radical (unpaired) electrons. The van der Waals surface area contributed by atoms with E-state index in [0.29, 0.717) is 23.6 Å². The highest BCUT2D eigenvalue weighted by atomic mass is 35.5. The number of benzene rings is 1. The molecule has 23 heavy (non-hydrogen) atoms. The van der Waals surface area contributed by atoms with Crippen molar-refractivity contribution in [3.8, 4) is 11.5 Å². The molecule has 0 atom stereocenters. The summed E-state index contributed by atoms with van der Waals surface area (Å²) in [7, 11) is 3.14. The Hall–Kier alpha value is -1.50. The lowest BCUT2D eigenvalue weighted by atomic mass is 10.2. The van der Waals surface area contributed by atoms with Gasteiger partial charge in [-0.2, -0.15) is 0 Å². The Bertz CT molecular complexity index is 493. The minimum Gasteiger partial charge on any atom is -0.493 e. The van der Waals surface area contributed by atoms with Crippen molar-refractivity contribution in [3.63, 3.8) is 0 Å². The average molecular weight is 344 g/mol. The minimum atomic E-state index is -0.0822. The maximum atomic E-state index is 12.1. The fraction of sp³-hybridized carbons (Fsp3) is 0.562. The fourth-order valence-electron chi connectivity index (χ4n) is 2.52. The molecule has 1 heterocycles. The summed E-state index contributed by atoms with van der Waals surface area (Å²) in [5, 5.41) is 6.28. The number of hydrogen-bond donors (Lipinski definition) is 2. The van der Waals surface area contributed by atoms with Crippen LogP contribution in [0.2, 0.25) is 0 Å². The highest BCUT2D eigenvalue weighted by Gasteiger charge is 2.11. The molecule has 1 aliphatic heterocycles. The SMILES string of the molecule is COc1ccc(C(=O)NCCCN2CCNCC2)cc1OC.Cl. The zero-order valence-electron chi connectivity index (χ0n) is 13.8. The van der Waals surface area contributed by atoms with Crippen molar-refractivity contribution in [1.82, 2.24) is 15.5 Å². The van der Waals surface area contributed by atoms with E-state index in [2.05, 4.69) is 15.5 Å². The van der Waals surface area contributed by atoms with Crippen LogP contribution in [0.1, 0.15) is 16.8 Å². The number of rotatable bonds is 7. The van der Waals surface area contributed by atoms with E-state index < -0.39 is 0 Å². The number of ether oxygens (including phenoxy) is 2. The van der Waals surface area contributed by atoms with E-state index in [9.17, 15) is 4.79 Å². The maximum absolute atomic E-state index is 12.1. The maximum Gasteiger partial charge on any atom is 0.251 e. The monoisotopic (exact) mass is 343 g/mol. The molecule has 1 saturated heterocycles. The number of carbonyl (C=O) groups excluding carboxylic acids is 1. The Morgan fingerprint density at radius 2 is 1.91 bits per heavy atom. The van der Waals surface area contributed by atoms with E-state index >= 15 is 0 Å². The van der Waals surface area contributed by atoms with Gasteiger partial charge in [0.25, 0.3) is 5.91 Å². The molecule has 6 nitrogen and oxygen atoms in total. The third-order valence-electron chi connectivity index (χ3n) is 3.79. The van der Waals surface area contributed by atoms with Gasteiger partial charge in [-0.05, 0) is 31.2 Å². The molecule has 0 aromatic heterocycles. The van der Waals surface area contributed by atoms with Crippen LogP contribution in [0.4, 0.5) is 0 Å². The standard InChI is InChI=1S/C16H25N3O3.ClH/c1-21-14-5-4-13(12-15(14)22-2)16(20)18-6-3-9-19-10-7-17-8-11-19;/h4-5,12,17H,3,6-11H2,1-2H3,(H,18,20);1H. The van der Waals surface area contributed by atoms with Crippen LogP contribution in [0.3, 0.4) is 0 Å². The summed E-state index contributed by atoms with van der Waals surface area (Å²) in [5.74, 6) is 1.11. The van der Waals surface area contributed by atoms with Crippen LogP contribution in [0, 0.1) is 0 Å². The predicted molar refractivity (Wildman–Crippen MR) is 93.1 cm³/mol. The van der Waals surface area contributed by atoms with Crippen LogP contribution in [-0.4, -0.2) is 64.3 Å². The second-order valence-corrected chi connectivity index (χ2v) is 5.27. The Morgan fingerprint density at radius 1 is 1.22 bits per heavy atom. The molecule has 1 fully saturated rings. The smallest absolute Gasteiger partial charge is 0.251 e. The fourth-order valence-corrected chi connectivity index (χ4v) is 2.52. The van der Waals surface area contributed by atoms with Gasteiger partial charge < -0.3 is 25.0 Å². The molecule has 0 spiro atoms. The first kappa shape index (κ1) is 19.5. The van der Waals surface area contributed by atoms with Crippen LogP contribution in [-0.2, 0) is 0 Å². The second-order valence-electron chi connectivity index (χ2n) is 5.27. The number of methoxy groups -OCH3 is 2. The van der Waals surface area contributed by atoms with Gasteiger partial charge in [-0.3, -0.25) is 4.79 Å². The van der Waals surface area contributed by atoms with Crippen LogP contribution < -0.4 is 20.1 Å². The third-order valence-corrected chi connectivity index (χ3v) is 3.79. The van der Waals surface area contributed by atoms with Crippen molar-refractivity contribution in [1.29, 1.82) is 0 Å². The molecular formula is C16H26ClN3O3. The predicted octanol–water partition coefficient (Wildman–Crippen LogP) is 1.15. The molecule has 0 bridgehead atoms. The van der Waals surface area contributed by atoms with E-state index in [0.717, 1.165) is 39.1 Å². The third kappa shape index (κ3) is 5.89.